The van der Waals surface area contributed by atoms with Crippen LogP contribution in [0.15, 0.2) is 41.6 Å². The largest absolute Gasteiger partial charge is 0.434 e. The molecule has 2 aliphatic heterocycles. The fraction of sp³-hybridized carbons (Fsp3) is 0.690. The first-order chi connectivity index (χ1) is 20.6. The second-order valence-electron chi connectivity index (χ2n) is 14.7. The van der Waals surface area contributed by atoms with Crippen LogP contribution in [0, 0.1) is 0 Å². The summed E-state index contributed by atoms with van der Waals surface area (Å²) < 4.78 is 76.4. The van der Waals surface area contributed by atoms with Gasteiger partial charge in [-0.15, -0.1) is 0 Å². The van der Waals surface area contributed by atoms with Gasteiger partial charge in [-0.1, -0.05) is 41.5 Å². The number of nitrogens with one attached hydrogen (secondary N) is 1. The van der Waals surface area contributed by atoms with Gasteiger partial charge >= 0.3 is 19.4 Å². The number of anilines is 1. The van der Waals surface area contributed by atoms with Gasteiger partial charge in [0.2, 0.25) is 6.23 Å². The van der Waals surface area contributed by atoms with Crippen LogP contribution in [-0.4, -0.2) is 62.5 Å². The van der Waals surface area contributed by atoms with Crippen LogP contribution in [0.3, 0.4) is 0 Å². The molecule has 2 unspecified atom stereocenters. The van der Waals surface area contributed by atoms with Crippen LogP contribution in [0.1, 0.15) is 65.9 Å². The van der Waals surface area contributed by atoms with Crippen LogP contribution < -0.4 is 10.8 Å². The van der Waals surface area contributed by atoms with Crippen molar-refractivity contribution >= 4 is 30.2 Å². The zero-order valence-corrected chi connectivity index (χ0v) is 30.7. The lowest BCUT2D eigenvalue weighted by Gasteiger charge is -2.41. The molecule has 0 saturated carbocycles. The van der Waals surface area contributed by atoms with E-state index >= 15 is 8.78 Å². The fourth-order valence-electron chi connectivity index (χ4n) is 4.44. The molecule has 4 heterocycles. The summed E-state index contributed by atoms with van der Waals surface area (Å²) in [7, 11) is -8.97. The molecule has 0 bridgehead atoms. The number of rotatable bonds is 9. The molecule has 2 saturated heterocycles. The lowest BCUT2D eigenvalue weighted by molar-refractivity contribution is -0.138. The first-order valence-corrected chi connectivity index (χ1v) is 22.5. The van der Waals surface area contributed by atoms with Gasteiger partial charge in [0.1, 0.15) is 18.0 Å². The first-order valence-electron chi connectivity index (χ1n) is 15.1. The van der Waals surface area contributed by atoms with E-state index in [1.54, 1.807) is 24.5 Å². The Morgan fingerprint density at radius 1 is 1.07 bits per heavy atom. The summed E-state index contributed by atoms with van der Waals surface area (Å²) in [5.41, 5.74) is -0.267. The van der Waals surface area contributed by atoms with E-state index in [1.807, 2.05) is 47.0 Å². The second kappa shape index (κ2) is 12.6. The molecule has 0 aliphatic carbocycles. The zero-order valence-electron chi connectivity index (χ0n) is 27.8. The predicted molar refractivity (Wildman–Crippen MR) is 172 cm³/mol. The van der Waals surface area contributed by atoms with E-state index in [4.69, 9.17) is 22.6 Å². The summed E-state index contributed by atoms with van der Waals surface area (Å²) in [5.74, 6) is -3.75. The van der Waals surface area contributed by atoms with Crippen LogP contribution in [0.5, 0.6) is 0 Å². The Balaban J connectivity index is 1.59. The number of aromatic nitrogens is 3. The molecule has 2 aromatic heterocycles. The van der Waals surface area contributed by atoms with Crippen molar-refractivity contribution in [1.82, 2.24) is 14.5 Å². The molecule has 2 aromatic rings. The number of hydrogen-bond acceptors (Lipinski definition) is 9. The van der Waals surface area contributed by atoms with Crippen LogP contribution >= 0.6 is 7.75 Å². The number of halogens is 2. The number of ether oxygens (including phenoxy) is 1. The van der Waals surface area contributed by atoms with E-state index in [9.17, 15) is 9.36 Å². The molecule has 1 N–H and O–H groups in total. The summed E-state index contributed by atoms with van der Waals surface area (Å²) in [6.07, 6.45) is -0.533. The van der Waals surface area contributed by atoms with Gasteiger partial charge in [-0.3, -0.25) is 23.7 Å². The molecule has 0 aromatic carbocycles. The molecule has 5 atom stereocenters. The van der Waals surface area contributed by atoms with Gasteiger partial charge in [0.25, 0.3) is 0 Å². The Morgan fingerprint density at radius 3 is 2.27 bits per heavy atom. The van der Waals surface area contributed by atoms with Gasteiger partial charge in [0, 0.05) is 25.0 Å². The van der Waals surface area contributed by atoms with Crippen molar-refractivity contribution in [2.24, 2.45) is 0 Å². The zero-order chi connectivity index (χ0) is 33.6. The topological polar surface area (TPSA) is 123 Å². The molecule has 4 rings (SSSR count). The highest BCUT2D eigenvalue weighted by Crippen LogP contribution is 2.55. The maximum Gasteiger partial charge on any atom is 0.434 e. The van der Waals surface area contributed by atoms with Crippen molar-refractivity contribution in [1.29, 1.82) is 0 Å². The Morgan fingerprint density at radius 2 is 1.69 bits per heavy atom. The lowest BCUT2D eigenvalue weighted by Crippen LogP contribution is -2.53. The molecule has 16 heteroatoms. The molecular formula is C29H47F2N4O7PSi2. The molecule has 0 amide bonds. The van der Waals surface area contributed by atoms with E-state index in [1.165, 1.54) is 6.07 Å². The monoisotopic (exact) mass is 688 g/mol. The van der Waals surface area contributed by atoms with E-state index < -0.39 is 60.5 Å². The van der Waals surface area contributed by atoms with Crippen molar-refractivity contribution < 1.29 is 36.0 Å². The minimum atomic E-state index is -3.93. The third kappa shape index (κ3) is 7.83. The maximum atomic E-state index is 16.3. The quantitative estimate of drug-likeness (QED) is 0.212. The van der Waals surface area contributed by atoms with Crippen molar-refractivity contribution in [2.75, 3.05) is 18.3 Å². The van der Waals surface area contributed by atoms with Gasteiger partial charge in [0.05, 0.1) is 19.3 Å². The Kier molecular flexibility index (Phi) is 10.1. The Bertz CT molecular complexity index is 1450. The van der Waals surface area contributed by atoms with Gasteiger partial charge in [-0.05, 0) is 60.0 Å². The van der Waals surface area contributed by atoms with Crippen molar-refractivity contribution in [3.63, 3.8) is 0 Å². The van der Waals surface area contributed by atoms with Crippen molar-refractivity contribution in [2.45, 2.75) is 115 Å². The predicted octanol–water partition coefficient (Wildman–Crippen LogP) is 7.28. The van der Waals surface area contributed by atoms with E-state index in [0.29, 0.717) is 6.42 Å². The van der Waals surface area contributed by atoms with Gasteiger partial charge in [0.15, 0.2) is 16.6 Å². The maximum absolute atomic E-state index is 16.3. The average molecular weight is 689 g/mol. The van der Waals surface area contributed by atoms with E-state index in [-0.39, 0.29) is 29.1 Å². The summed E-state index contributed by atoms with van der Waals surface area (Å²) >= 11 is 0. The van der Waals surface area contributed by atoms with E-state index in [0.717, 1.165) is 16.3 Å². The second-order valence-corrected chi connectivity index (χ2v) is 25.9. The highest BCUT2D eigenvalue weighted by Gasteiger charge is 2.63. The molecule has 2 aliphatic rings. The first kappa shape index (κ1) is 36.0. The van der Waals surface area contributed by atoms with Crippen molar-refractivity contribution in [3.8, 4) is 0 Å². The third-order valence-corrected chi connectivity index (χ3v) is 19.8. The minimum absolute atomic E-state index is 0.111. The number of hydrogen-bond donors (Lipinski definition) is 1. The van der Waals surface area contributed by atoms with Crippen LogP contribution in [0.2, 0.25) is 36.3 Å². The summed E-state index contributed by atoms with van der Waals surface area (Å²) in [4.78, 5) is 21.1. The van der Waals surface area contributed by atoms with Crippen LogP contribution in [-0.2, 0) is 27.2 Å². The van der Waals surface area contributed by atoms with Gasteiger partial charge in [-0.2, -0.15) is 13.8 Å². The highest BCUT2D eigenvalue weighted by atomic mass is 31.2. The molecule has 45 heavy (non-hydrogen) atoms. The highest BCUT2D eigenvalue weighted by molar-refractivity contribution is 7.55. The number of nitrogens with zero attached hydrogens (tertiary/aromatic N) is 3. The minimum Gasteiger partial charge on any atom is -0.414 e. The number of pyridine rings is 1. The molecule has 2 fully saturated rings. The normalized spacial score (nSPS) is 27.8. The summed E-state index contributed by atoms with van der Waals surface area (Å²) in [5, 5.41) is 2.05. The molecular weight excluding hydrogens is 641 g/mol. The van der Waals surface area contributed by atoms with Gasteiger partial charge in [-0.25, -0.2) is 9.36 Å². The standard InChI is InChI=1S/C29H47F2N4O7PSi2/c1-27(2,3)44(7,8)39-19-22-24(42-45(9,10)28(4,5)6)29(30,31)25(40-22)35-17-13-23(33-26(35)36)34-43(37)38-18-14-21(41-43)20-11-15-32-16-12-20/h11-13,15-17,21-22,24-25H,14,18-19H2,1-10H3,(H,33,34,36,37)/t21?,22-,24-,25-,43?/m1/s1. The van der Waals surface area contributed by atoms with Crippen LogP contribution in [0.25, 0.3) is 0 Å². The molecule has 0 spiro atoms. The third-order valence-electron chi connectivity index (χ3n) is 9.31. The molecule has 252 valence electrons. The smallest absolute Gasteiger partial charge is 0.414 e. The van der Waals surface area contributed by atoms with E-state index in [2.05, 4.69) is 35.8 Å². The summed E-state index contributed by atoms with van der Waals surface area (Å²) in [6, 6.07) is 4.74. The number of alkyl halides is 2. The fourth-order valence-corrected chi connectivity index (χ4v) is 8.24. The Labute approximate surface area is 266 Å². The molecule has 0 radical (unpaired) electrons. The summed E-state index contributed by atoms with van der Waals surface area (Å²) in [6.45, 7) is 20.0. The SMILES string of the molecule is CC(C)(C)[Si](C)(C)OC[C@H]1O[C@@H](n2ccc(NP3(=O)OCCC(c4ccncc4)O3)nc2=O)C(F)(F)[C@@H]1O[Si](C)(C)C(C)(C)C. The molecule has 11 nitrogen and oxygen atoms in total. The van der Waals surface area contributed by atoms with Gasteiger partial charge < -0.3 is 13.6 Å². The Hall–Kier alpha value is -1.85. The van der Waals surface area contributed by atoms with Crippen LogP contribution in [0.4, 0.5) is 14.6 Å². The lowest BCUT2D eigenvalue weighted by atomic mass is 10.1. The van der Waals surface area contributed by atoms with Crippen molar-refractivity contribution in [3.05, 3.63) is 52.8 Å². The average Bonchev–Trinajstić information content (AvgIpc) is 3.15.